The van der Waals surface area contributed by atoms with Crippen LogP contribution >= 0.6 is 23.2 Å². The molecule has 32 heavy (non-hydrogen) atoms. The molecular weight excluding hydrogens is 453 g/mol. The van der Waals surface area contributed by atoms with E-state index in [1.165, 1.54) is 6.33 Å². The lowest BCUT2D eigenvalue weighted by Crippen LogP contribution is -2.16. The lowest BCUT2D eigenvalue weighted by atomic mass is 10.2. The summed E-state index contributed by atoms with van der Waals surface area (Å²) in [7, 11) is 0. The van der Waals surface area contributed by atoms with Crippen LogP contribution in [0.3, 0.4) is 0 Å². The molecule has 8 nitrogen and oxygen atoms in total. The van der Waals surface area contributed by atoms with E-state index in [1.807, 2.05) is 37.3 Å². The van der Waals surface area contributed by atoms with Crippen molar-refractivity contribution in [3.05, 3.63) is 87.0 Å². The average molecular weight is 472 g/mol. The molecule has 0 radical (unpaired) electrons. The first-order valence-electron chi connectivity index (χ1n) is 9.68. The zero-order valence-electron chi connectivity index (χ0n) is 17.3. The van der Waals surface area contributed by atoms with E-state index in [1.54, 1.807) is 23.7 Å². The summed E-state index contributed by atoms with van der Waals surface area (Å²) in [5.41, 5.74) is 2.70. The van der Waals surface area contributed by atoms with E-state index < -0.39 is 5.91 Å². The number of hydrogen-bond acceptors (Lipinski definition) is 6. The highest BCUT2D eigenvalue weighted by Gasteiger charge is 2.21. The second-order valence-corrected chi connectivity index (χ2v) is 7.95. The standard InChI is InChI=1S/C22H19Cl2N5O3/c1-13-3-6-16(7-4-13)31-11-17-14(2)32-28-20(17)21(30)26-22-25-12-29(27-22)10-15-5-8-18(23)19(24)9-15/h3-9,12H,10-11H2,1-2H3,(H,26,27,30). The number of carbonyl (C=O) groups is 1. The first kappa shape index (κ1) is 21.9. The number of nitrogens with zero attached hydrogens (tertiary/aromatic N) is 4. The zero-order valence-corrected chi connectivity index (χ0v) is 18.8. The van der Waals surface area contributed by atoms with Gasteiger partial charge in [-0.2, -0.15) is 0 Å². The van der Waals surface area contributed by atoms with Gasteiger partial charge in [0.05, 0.1) is 22.2 Å². The third-order valence-corrected chi connectivity index (χ3v) is 5.43. The maximum atomic E-state index is 12.7. The number of benzene rings is 2. The monoisotopic (exact) mass is 471 g/mol. The van der Waals surface area contributed by atoms with Gasteiger partial charge in [-0.15, -0.1) is 5.10 Å². The minimum Gasteiger partial charge on any atom is -0.489 e. The number of carbonyl (C=O) groups excluding carboxylic acids is 1. The summed E-state index contributed by atoms with van der Waals surface area (Å²) in [5.74, 6) is 0.836. The Morgan fingerprint density at radius 3 is 2.66 bits per heavy atom. The molecule has 1 amide bonds. The molecule has 1 N–H and O–H groups in total. The third kappa shape index (κ3) is 5.09. The Balaban J connectivity index is 1.42. The molecule has 0 bridgehead atoms. The Kier molecular flexibility index (Phi) is 6.43. The van der Waals surface area contributed by atoms with Crippen LogP contribution in [0, 0.1) is 13.8 Å². The van der Waals surface area contributed by atoms with Crippen LogP contribution in [0.15, 0.2) is 53.3 Å². The van der Waals surface area contributed by atoms with Gasteiger partial charge in [-0.05, 0) is 43.7 Å². The molecule has 0 unspecified atom stereocenters. The largest absolute Gasteiger partial charge is 0.489 e. The topological polar surface area (TPSA) is 95.1 Å². The van der Waals surface area contributed by atoms with Gasteiger partial charge in [0, 0.05) is 0 Å². The summed E-state index contributed by atoms with van der Waals surface area (Å²) in [6.07, 6.45) is 1.51. The molecule has 4 aromatic rings. The van der Waals surface area contributed by atoms with Crippen molar-refractivity contribution in [1.29, 1.82) is 0 Å². The molecule has 0 aliphatic heterocycles. The summed E-state index contributed by atoms with van der Waals surface area (Å²) in [5, 5.41) is 11.7. The second-order valence-electron chi connectivity index (χ2n) is 7.14. The molecule has 0 saturated carbocycles. The Morgan fingerprint density at radius 2 is 1.91 bits per heavy atom. The van der Waals surface area contributed by atoms with Crippen molar-refractivity contribution in [2.75, 3.05) is 5.32 Å². The van der Waals surface area contributed by atoms with Crippen LogP contribution in [-0.4, -0.2) is 25.8 Å². The van der Waals surface area contributed by atoms with E-state index in [9.17, 15) is 4.79 Å². The summed E-state index contributed by atoms with van der Waals surface area (Å²) >= 11 is 12.0. The van der Waals surface area contributed by atoms with E-state index in [2.05, 4.69) is 20.6 Å². The number of aromatic nitrogens is 4. The molecular formula is C22H19Cl2N5O3. The van der Waals surface area contributed by atoms with Crippen LogP contribution in [0.4, 0.5) is 5.95 Å². The van der Waals surface area contributed by atoms with Crippen molar-refractivity contribution >= 4 is 35.1 Å². The van der Waals surface area contributed by atoms with E-state index in [0.29, 0.717) is 33.7 Å². The number of halogens is 2. The summed E-state index contributed by atoms with van der Waals surface area (Å²) in [4.78, 5) is 16.9. The van der Waals surface area contributed by atoms with E-state index in [-0.39, 0.29) is 18.2 Å². The molecule has 164 valence electrons. The quantitative estimate of drug-likeness (QED) is 0.404. The van der Waals surface area contributed by atoms with Crippen molar-refractivity contribution in [3.8, 4) is 5.75 Å². The van der Waals surface area contributed by atoms with Gasteiger partial charge in [-0.3, -0.25) is 10.1 Å². The predicted octanol–water partition coefficient (Wildman–Crippen LogP) is 5.07. The van der Waals surface area contributed by atoms with Crippen LogP contribution in [-0.2, 0) is 13.2 Å². The zero-order chi connectivity index (χ0) is 22.7. The fourth-order valence-electron chi connectivity index (χ4n) is 2.94. The second kappa shape index (κ2) is 9.42. The minimum atomic E-state index is -0.489. The molecule has 2 aromatic heterocycles. The van der Waals surface area contributed by atoms with E-state index >= 15 is 0 Å². The molecule has 2 heterocycles. The molecule has 0 atom stereocenters. The van der Waals surface area contributed by atoms with Crippen molar-refractivity contribution < 1.29 is 14.1 Å². The Hall–Kier alpha value is -3.36. The number of anilines is 1. The molecule has 0 spiro atoms. The number of rotatable bonds is 7. The Morgan fingerprint density at radius 1 is 1.12 bits per heavy atom. The highest BCUT2D eigenvalue weighted by atomic mass is 35.5. The average Bonchev–Trinajstić information content (AvgIpc) is 3.36. The van der Waals surface area contributed by atoms with Gasteiger partial charge in [0.2, 0.25) is 5.95 Å². The van der Waals surface area contributed by atoms with Crippen molar-refractivity contribution in [2.24, 2.45) is 0 Å². The number of hydrogen-bond donors (Lipinski definition) is 1. The van der Waals surface area contributed by atoms with Gasteiger partial charge in [-0.1, -0.05) is 52.1 Å². The molecule has 0 saturated heterocycles. The van der Waals surface area contributed by atoms with Gasteiger partial charge < -0.3 is 9.26 Å². The smallest absolute Gasteiger partial charge is 0.280 e. The Labute approximate surface area is 194 Å². The van der Waals surface area contributed by atoms with Crippen LogP contribution in [0.2, 0.25) is 10.0 Å². The summed E-state index contributed by atoms with van der Waals surface area (Å²) in [6.45, 7) is 4.27. The normalized spacial score (nSPS) is 10.9. The van der Waals surface area contributed by atoms with Crippen LogP contribution in [0.5, 0.6) is 5.75 Å². The fourth-order valence-corrected chi connectivity index (χ4v) is 3.26. The van der Waals surface area contributed by atoms with Gasteiger partial charge >= 0.3 is 0 Å². The third-order valence-electron chi connectivity index (χ3n) is 4.69. The lowest BCUT2D eigenvalue weighted by molar-refractivity contribution is 0.101. The molecule has 4 rings (SSSR count). The Bertz CT molecular complexity index is 1250. The maximum absolute atomic E-state index is 12.7. The SMILES string of the molecule is Cc1ccc(OCc2c(C(=O)Nc3ncn(Cc4ccc(Cl)c(Cl)c4)n3)noc2C)cc1. The first-order valence-corrected chi connectivity index (χ1v) is 10.4. The molecule has 10 heteroatoms. The lowest BCUT2D eigenvalue weighted by Gasteiger charge is -2.07. The van der Waals surface area contributed by atoms with E-state index in [0.717, 1.165) is 11.1 Å². The van der Waals surface area contributed by atoms with Gasteiger partial charge in [0.15, 0.2) is 5.69 Å². The molecule has 2 aromatic carbocycles. The van der Waals surface area contributed by atoms with Crippen molar-refractivity contribution in [1.82, 2.24) is 19.9 Å². The number of aryl methyl sites for hydroxylation is 2. The minimum absolute atomic E-state index is 0.121. The predicted molar refractivity (Wildman–Crippen MR) is 120 cm³/mol. The summed E-state index contributed by atoms with van der Waals surface area (Å²) < 4.78 is 12.6. The van der Waals surface area contributed by atoms with Crippen LogP contribution in [0.1, 0.15) is 32.9 Å². The maximum Gasteiger partial charge on any atom is 0.280 e. The van der Waals surface area contributed by atoms with Crippen LogP contribution in [0.25, 0.3) is 0 Å². The van der Waals surface area contributed by atoms with Gasteiger partial charge in [0.25, 0.3) is 5.91 Å². The number of ether oxygens (including phenoxy) is 1. The molecule has 0 fully saturated rings. The van der Waals surface area contributed by atoms with Crippen LogP contribution < -0.4 is 10.1 Å². The van der Waals surface area contributed by atoms with E-state index in [4.69, 9.17) is 32.5 Å². The summed E-state index contributed by atoms with van der Waals surface area (Å²) in [6, 6.07) is 12.9. The van der Waals surface area contributed by atoms with Gasteiger partial charge in [-0.25, -0.2) is 9.67 Å². The first-order chi connectivity index (χ1) is 15.4. The van der Waals surface area contributed by atoms with Crippen molar-refractivity contribution in [3.63, 3.8) is 0 Å². The highest BCUT2D eigenvalue weighted by molar-refractivity contribution is 6.42. The molecule has 0 aliphatic rings. The van der Waals surface area contributed by atoms with Crippen molar-refractivity contribution in [2.45, 2.75) is 27.0 Å². The van der Waals surface area contributed by atoms with Gasteiger partial charge in [0.1, 0.15) is 24.4 Å². The number of amides is 1. The number of nitrogens with one attached hydrogen (secondary N) is 1. The molecule has 0 aliphatic carbocycles. The fraction of sp³-hybridized carbons (Fsp3) is 0.182. The highest BCUT2D eigenvalue weighted by Crippen LogP contribution is 2.23.